The Labute approximate surface area is 177 Å². The molecule has 0 aliphatic rings. The van der Waals surface area contributed by atoms with Gasteiger partial charge in [0.25, 0.3) is 5.91 Å². The Morgan fingerprint density at radius 1 is 1.13 bits per heavy atom. The molecule has 2 heterocycles. The third kappa shape index (κ3) is 4.98. The third-order valence-electron chi connectivity index (χ3n) is 4.63. The van der Waals surface area contributed by atoms with E-state index in [0.717, 1.165) is 23.3 Å². The highest BCUT2D eigenvalue weighted by Gasteiger charge is 2.14. The summed E-state index contributed by atoms with van der Waals surface area (Å²) in [5, 5.41) is 7.03. The van der Waals surface area contributed by atoms with Gasteiger partial charge in [0.2, 0.25) is 0 Å². The molecule has 2 aromatic carbocycles. The topological polar surface area (TPSA) is 69.3 Å². The number of carbonyl (C=O) groups is 1. The molecule has 0 saturated heterocycles. The molecule has 0 unspecified atom stereocenters. The minimum absolute atomic E-state index is 0.0617. The van der Waals surface area contributed by atoms with Crippen molar-refractivity contribution in [1.82, 2.24) is 9.78 Å². The number of hydrogen-bond acceptors (Lipinski definition) is 4. The molecular weight excluding hydrogens is 404 g/mol. The molecule has 158 valence electrons. The predicted octanol–water partition coefficient (Wildman–Crippen LogP) is 4.94. The summed E-state index contributed by atoms with van der Waals surface area (Å²) in [6, 6.07) is 15.8. The van der Waals surface area contributed by atoms with E-state index in [1.54, 1.807) is 23.0 Å². The molecular formula is C23H19F2N3O3. The fourth-order valence-corrected chi connectivity index (χ4v) is 2.98. The zero-order valence-electron chi connectivity index (χ0n) is 16.6. The molecule has 0 saturated carbocycles. The maximum atomic E-state index is 13.6. The van der Waals surface area contributed by atoms with Crippen LogP contribution >= 0.6 is 0 Å². The summed E-state index contributed by atoms with van der Waals surface area (Å²) >= 11 is 0. The third-order valence-corrected chi connectivity index (χ3v) is 4.63. The fraction of sp³-hybridized carbons (Fsp3) is 0.130. The number of aryl methyl sites for hydroxylation is 1. The van der Waals surface area contributed by atoms with E-state index in [9.17, 15) is 13.6 Å². The molecule has 2 aromatic heterocycles. The number of nitrogens with one attached hydrogen (secondary N) is 1. The van der Waals surface area contributed by atoms with Crippen molar-refractivity contribution in [2.24, 2.45) is 0 Å². The van der Waals surface area contributed by atoms with Crippen molar-refractivity contribution in [3.63, 3.8) is 0 Å². The molecule has 4 rings (SSSR count). The van der Waals surface area contributed by atoms with Crippen LogP contribution in [0.3, 0.4) is 0 Å². The van der Waals surface area contributed by atoms with Crippen molar-refractivity contribution in [2.75, 3.05) is 5.32 Å². The second-order valence-corrected chi connectivity index (χ2v) is 6.91. The van der Waals surface area contributed by atoms with Crippen LogP contribution in [0, 0.1) is 18.6 Å². The van der Waals surface area contributed by atoms with Crippen LogP contribution in [0.4, 0.5) is 14.6 Å². The van der Waals surface area contributed by atoms with Crippen molar-refractivity contribution in [3.05, 3.63) is 101 Å². The number of rotatable bonds is 7. The summed E-state index contributed by atoms with van der Waals surface area (Å²) in [6.07, 6.45) is 1.78. The minimum Gasteiger partial charge on any atom is -0.483 e. The number of aromatic nitrogens is 2. The standard InChI is InChI=1S/C23H19F2N3O3/c1-15-4-2-3-5-16(15)13-28-11-10-22(27-28)26-23(29)21-9-7-18(31-21)14-30-20-8-6-17(24)12-19(20)25/h2-12H,13-14H2,1H3,(H,26,27,29). The molecule has 0 bridgehead atoms. The maximum absolute atomic E-state index is 13.6. The first-order chi connectivity index (χ1) is 15.0. The zero-order chi connectivity index (χ0) is 21.8. The van der Waals surface area contributed by atoms with E-state index in [1.807, 2.05) is 31.2 Å². The van der Waals surface area contributed by atoms with Gasteiger partial charge in [-0.3, -0.25) is 9.48 Å². The lowest BCUT2D eigenvalue weighted by molar-refractivity contribution is 0.0992. The van der Waals surface area contributed by atoms with Gasteiger partial charge in [0.1, 0.15) is 18.2 Å². The first-order valence-electron chi connectivity index (χ1n) is 9.54. The zero-order valence-corrected chi connectivity index (χ0v) is 16.6. The van der Waals surface area contributed by atoms with Gasteiger partial charge in [-0.05, 0) is 42.3 Å². The molecule has 0 fully saturated rings. The van der Waals surface area contributed by atoms with E-state index in [0.29, 0.717) is 18.1 Å². The van der Waals surface area contributed by atoms with Crippen molar-refractivity contribution >= 4 is 11.7 Å². The number of anilines is 1. The second kappa shape index (κ2) is 8.83. The lowest BCUT2D eigenvalue weighted by Crippen LogP contribution is -2.12. The molecule has 0 aliphatic heterocycles. The lowest BCUT2D eigenvalue weighted by atomic mass is 10.1. The molecule has 1 amide bonds. The number of hydrogen-bond donors (Lipinski definition) is 1. The summed E-state index contributed by atoms with van der Waals surface area (Å²) < 4.78 is 39.0. The molecule has 6 nitrogen and oxygen atoms in total. The van der Waals surface area contributed by atoms with Gasteiger partial charge in [-0.25, -0.2) is 8.78 Å². The number of ether oxygens (including phenoxy) is 1. The van der Waals surface area contributed by atoms with Crippen LogP contribution in [-0.2, 0) is 13.2 Å². The van der Waals surface area contributed by atoms with Gasteiger partial charge in [-0.1, -0.05) is 24.3 Å². The summed E-state index contributed by atoms with van der Waals surface area (Å²) in [4.78, 5) is 12.4. The minimum atomic E-state index is -0.814. The number of amides is 1. The van der Waals surface area contributed by atoms with Gasteiger partial charge in [0.05, 0.1) is 6.54 Å². The quantitative estimate of drug-likeness (QED) is 0.457. The number of halogens is 2. The largest absolute Gasteiger partial charge is 0.483 e. The van der Waals surface area contributed by atoms with Crippen LogP contribution < -0.4 is 10.1 Å². The Kier molecular flexibility index (Phi) is 5.79. The maximum Gasteiger partial charge on any atom is 0.292 e. The van der Waals surface area contributed by atoms with E-state index in [2.05, 4.69) is 10.4 Å². The normalized spacial score (nSPS) is 10.8. The molecule has 31 heavy (non-hydrogen) atoms. The van der Waals surface area contributed by atoms with Gasteiger partial charge in [-0.2, -0.15) is 5.10 Å². The van der Waals surface area contributed by atoms with E-state index >= 15 is 0 Å². The van der Waals surface area contributed by atoms with Crippen molar-refractivity contribution in [2.45, 2.75) is 20.1 Å². The number of furan rings is 1. The van der Waals surface area contributed by atoms with Crippen molar-refractivity contribution < 1.29 is 22.7 Å². The SMILES string of the molecule is Cc1ccccc1Cn1ccc(NC(=O)c2ccc(COc3ccc(F)cc3F)o2)n1. The monoisotopic (exact) mass is 423 g/mol. The van der Waals surface area contributed by atoms with E-state index in [1.165, 1.54) is 12.1 Å². The molecule has 1 N–H and O–H groups in total. The molecule has 0 atom stereocenters. The van der Waals surface area contributed by atoms with E-state index in [4.69, 9.17) is 9.15 Å². The summed E-state index contributed by atoms with van der Waals surface area (Å²) in [7, 11) is 0. The van der Waals surface area contributed by atoms with Crippen LogP contribution in [0.2, 0.25) is 0 Å². The van der Waals surface area contributed by atoms with E-state index in [-0.39, 0.29) is 18.1 Å². The van der Waals surface area contributed by atoms with Gasteiger partial charge in [-0.15, -0.1) is 0 Å². The van der Waals surface area contributed by atoms with E-state index < -0.39 is 17.5 Å². The van der Waals surface area contributed by atoms with Crippen LogP contribution in [0.25, 0.3) is 0 Å². The smallest absolute Gasteiger partial charge is 0.292 e. The molecule has 8 heteroatoms. The average Bonchev–Trinajstić information content (AvgIpc) is 3.39. The summed E-state index contributed by atoms with van der Waals surface area (Å²) in [6.45, 7) is 2.51. The Balaban J connectivity index is 1.35. The van der Waals surface area contributed by atoms with Gasteiger partial charge in [0.15, 0.2) is 23.1 Å². The van der Waals surface area contributed by atoms with Gasteiger partial charge < -0.3 is 14.5 Å². The highest BCUT2D eigenvalue weighted by atomic mass is 19.1. The summed E-state index contributed by atoms with van der Waals surface area (Å²) in [5.41, 5.74) is 2.30. The molecule has 0 spiro atoms. The number of nitrogens with zero attached hydrogens (tertiary/aromatic N) is 2. The van der Waals surface area contributed by atoms with Crippen molar-refractivity contribution in [1.29, 1.82) is 0 Å². The molecule has 0 aliphatic carbocycles. The highest BCUT2D eigenvalue weighted by molar-refractivity contribution is 6.01. The predicted molar refractivity (Wildman–Crippen MR) is 110 cm³/mol. The van der Waals surface area contributed by atoms with Crippen LogP contribution in [0.1, 0.15) is 27.4 Å². The Bertz CT molecular complexity index is 1220. The van der Waals surface area contributed by atoms with Crippen molar-refractivity contribution in [3.8, 4) is 5.75 Å². The van der Waals surface area contributed by atoms with Gasteiger partial charge in [0, 0.05) is 18.3 Å². The van der Waals surface area contributed by atoms with Crippen LogP contribution in [-0.4, -0.2) is 15.7 Å². The second-order valence-electron chi connectivity index (χ2n) is 6.91. The first-order valence-corrected chi connectivity index (χ1v) is 9.54. The lowest BCUT2D eigenvalue weighted by Gasteiger charge is -2.06. The van der Waals surface area contributed by atoms with Crippen LogP contribution in [0.5, 0.6) is 5.75 Å². The average molecular weight is 423 g/mol. The molecule has 4 aromatic rings. The number of benzene rings is 2. The molecule has 0 radical (unpaired) electrons. The fourth-order valence-electron chi connectivity index (χ4n) is 2.98. The highest BCUT2D eigenvalue weighted by Crippen LogP contribution is 2.20. The first kappa shape index (κ1) is 20.3. The van der Waals surface area contributed by atoms with Gasteiger partial charge >= 0.3 is 0 Å². The Hall–Kier alpha value is -3.94. The summed E-state index contributed by atoms with van der Waals surface area (Å²) in [5.74, 6) is -1.32. The number of carbonyl (C=O) groups excluding carboxylic acids is 1. The Morgan fingerprint density at radius 2 is 1.97 bits per heavy atom. The van der Waals surface area contributed by atoms with Crippen LogP contribution in [0.15, 0.2) is 71.3 Å². The Morgan fingerprint density at radius 3 is 2.77 bits per heavy atom.